The van der Waals surface area contributed by atoms with Gasteiger partial charge in [0.2, 0.25) is 0 Å². The summed E-state index contributed by atoms with van der Waals surface area (Å²) in [6.07, 6.45) is 4.26. The highest BCUT2D eigenvalue weighted by Crippen LogP contribution is 2.08. The van der Waals surface area contributed by atoms with Crippen LogP contribution in [0.4, 0.5) is 0 Å². The van der Waals surface area contributed by atoms with Gasteiger partial charge in [0.05, 0.1) is 6.54 Å². The fourth-order valence-electron chi connectivity index (χ4n) is 2.04. The molecule has 0 amide bonds. The molecule has 0 atom stereocenters. The van der Waals surface area contributed by atoms with E-state index in [1.807, 2.05) is 6.33 Å². The number of hydrogen-bond acceptors (Lipinski definition) is 4. The minimum atomic E-state index is 0.952. The summed E-state index contributed by atoms with van der Waals surface area (Å²) in [5, 5.41) is 11.5. The van der Waals surface area contributed by atoms with Crippen LogP contribution in [0.1, 0.15) is 25.6 Å². The molecule has 0 fully saturated rings. The lowest BCUT2D eigenvalue weighted by molar-refractivity contribution is 0.214. The van der Waals surface area contributed by atoms with Crippen LogP contribution in [0.3, 0.4) is 0 Å². The molecule has 2 rings (SSSR count). The van der Waals surface area contributed by atoms with E-state index in [0.29, 0.717) is 0 Å². The van der Waals surface area contributed by atoms with Crippen LogP contribution in [-0.2, 0) is 13.1 Å². The molecule has 1 aliphatic rings. The summed E-state index contributed by atoms with van der Waals surface area (Å²) < 4.78 is 2.14. The van der Waals surface area contributed by atoms with Crippen molar-refractivity contribution >= 4 is 0 Å². The van der Waals surface area contributed by atoms with Gasteiger partial charge in [-0.1, -0.05) is 6.92 Å². The molecule has 1 aliphatic heterocycles. The zero-order valence-electron chi connectivity index (χ0n) is 10.0. The molecular weight excluding hydrogens is 202 g/mol. The van der Waals surface area contributed by atoms with Gasteiger partial charge in [-0.25, -0.2) is 0 Å². The summed E-state index contributed by atoms with van der Waals surface area (Å²) in [7, 11) is 0. The third kappa shape index (κ3) is 3.02. The summed E-state index contributed by atoms with van der Waals surface area (Å²) in [5.74, 6) is 1.10. The first-order valence-corrected chi connectivity index (χ1v) is 6.20. The highest BCUT2D eigenvalue weighted by molar-refractivity contribution is 4.89. The van der Waals surface area contributed by atoms with Gasteiger partial charge in [0.25, 0.3) is 0 Å². The van der Waals surface area contributed by atoms with E-state index in [2.05, 4.69) is 31.9 Å². The second-order valence-corrected chi connectivity index (χ2v) is 4.32. The lowest BCUT2D eigenvalue weighted by Crippen LogP contribution is -2.35. The average molecular weight is 223 g/mol. The van der Waals surface area contributed by atoms with Gasteiger partial charge in [-0.2, -0.15) is 0 Å². The maximum absolute atomic E-state index is 4.12. The molecule has 0 spiro atoms. The Bertz CT molecular complexity index is 309. The van der Waals surface area contributed by atoms with E-state index >= 15 is 0 Å². The summed E-state index contributed by atoms with van der Waals surface area (Å²) >= 11 is 0. The highest BCUT2D eigenvalue weighted by atomic mass is 15.3. The number of rotatable bonds is 6. The molecule has 0 aliphatic carbocycles. The van der Waals surface area contributed by atoms with Crippen LogP contribution in [0.25, 0.3) is 0 Å². The predicted molar refractivity (Wildman–Crippen MR) is 63.1 cm³/mol. The highest BCUT2D eigenvalue weighted by Gasteiger charge is 2.16. The number of fused-ring (bicyclic) bond motifs is 1. The van der Waals surface area contributed by atoms with Gasteiger partial charge in [0.1, 0.15) is 12.2 Å². The van der Waals surface area contributed by atoms with Crippen LogP contribution in [0.2, 0.25) is 0 Å². The SMILES string of the molecule is CCCNCCCN1CCn2cnnc2C1. The van der Waals surface area contributed by atoms with Crippen molar-refractivity contribution in [3.8, 4) is 0 Å². The molecule has 0 bridgehead atoms. The van der Waals surface area contributed by atoms with Crippen molar-refractivity contribution in [2.75, 3.05) is 26.2 Å². The molecule has 1 aromatic rings. The Labute approximate surface area is 96.8 Å². The normalized spacial score (nSPS) is 16.3. The second kappa shape index (κ2) is 5.96. The third-order valence-corrected chi connectivity index (χ3v) is 2.97. The van der Waals surface area contributed by atoms with Crippen molar-refractivity contribution in [2.24, 2.45) is 0 Å². The zero-order valence-corrected chi connectivity index (χ0v) is 10.0. The van der Waals surface area contributed by atoms with Crippen molar-refractivity contribution in [1.82, 2.24) is 25.0 Å². The standard InChI is InChI=1S/C11H21N5/c1-2-4-12-5-3-6-15-7-8-16-10-13-14-11(16)9-15/h10,12H,2-9H2,1H3. The number of hydrogen-bond donors (Lipinski definition) is 1. The van der Waals surface area contributed by atoms with Crippen LogP contribution in [0.15, 0.2) is 6.33 Å². The summed E-state index contributed by atoms with van der Waals surface area (Å²) in [5.41, 5.74) is 0. The monoisotopic (exact) mass is 223 g/mol. The van der Waals surface area contributed by atoms with Crippen molar-refractivity contribution in [2.45, 2.75) is 32.9 Å². The first-order valence-electron chi connectivity index (χ1n) is 6.20. The Hall–Kier alpha value is -0.940. The van der Waals surface area contributed by atoms with E-state index in [0.717, 1.165) is 45.1 Å². The van der Waals surface area contributed by atoms with Gasteiger partial charge < -0.3 is 9.88 Å². The van der Waals surface area contributed by atoms with E-state index < -0.39 is 0 Å². The lowest BCUT2D eigenvalue weighted by Gasteiger charge is -2.26. The Kier molecular flexibility index (Phi) is 4.30. The fourth-order valence-corrected chi connectivity index (χ4v) is 2.04. The summed E-state index contributed by atoms with van der Waals surface area (Å²) in [6.45, 7) is 8.72. The molecular formula is C11H21N5. The molecule has 5 nitrogen and oxygen atoms in total. The molecule has 0 saturated heterocycles. The van der Waals surface area contributed by atoms with Crippen LogP contribution in [0, 0.1) is 0 Å². The smallest absolute Gasteiger partial charge is 0.147 e. The van der Waals surface area contributed by atoms with Gasteiger partial charge >= 0.3 is 0 Å². The zero-order chi connectivity index (χ0) is 11.2. The number of nitrogens with zero attached hydrogens (tertiary/aromatic N) is 4. The Balaban J connectivity index is 1.65. The Morgan fingerprint density at radius 1 is 1.38 bits per heavy atom. The molecule has 0 saturated carbocycles. The summed E-state index contributed by atoms with van der Waals surface area (Å²) in [6, 6.07) is 0. The Morgan fingerprint density at radius 3 is 3.19 bits per heavy atom. The van der Waals surface area contributed by atoms with Gasteiger partial charge in [0.15, 0.2) is 0 Å². The molecule has 0 unspecified atom stereocenters. The topological polar surface area (TPSA) is 46.0 Å². The van der Waals surface area contributed by atoms with E-state index in [1.54, 1.807) is 0 Å². The summed E-state index contributed by atoms with van der Waals surface area (Å²) in [4.78, 5) is 2.46. The largest absolute Gasteiger partial charge is 0.317 e. The molecule has 0 aromatic carbocycles. The minimum Gasteiger partial charge on any atom is -0.317 e. The lowest BCUT2D eigenvalue weighted by atomic mass is 10.3. The van der Waals surface area contributed by atoms with Crippen LogP contribution < -0.4 is 5.32 Å². The van der Waals surface area contributed by atoms with Crippen LogP contribution in [-0.4, -0.2) is 45.8 Å². The predicted octanol–water partition coefficient (Wildman–Crippen LogP) is 0.483. The first-order chi connectivity index (χ1) is 7.90. The van der Waals surface area contributed by atoms with Crippen LogP contribution >= 0.6 is 0 Å². The van der Waals surface area contributed by atoms with Gasteiger partial charge in [-0.05, 0) is 32.5 Å². The van der Waals surface area contributed by atoms with E-state index in [4.69, 9.17) is 0 Å². The molecule has 16 heavy (non-hydrogen) atoms. The maximum Gasteiger partial charge on any atom is 0.147 e. The van der Waals surface area contributed by atoms with Crippen molar-refractivity contribution in [3.63, 3.8) is 0 Å². The molecule has 1 aromatic heterocycles. The van der Waals surface area contributed by atoms with Crippen molar-refractivity contribution in [1.29, 1.82) is 0 Å². The van der Waals surface area contributed by atoms with Crippen molar-refractivity contribution < 1.29 is 0 Å². The molecule has 5 heteroatoms. The maximum atomic E-state index is 4.12. The van der Waals surface area contributed by atoms with E-state index in [9.17, 15) is 0 Å². The fraction of sp³-hybridized carbons (Fsp3) is 0.818. The number of nitrogens with one attached hydrogen (secondary N) is 1. The third-order valence-electron chi connectivity index (χ3n) is 2.97. The van der Waals surface area contributed by atoms with E-state index in [1.165, 1.54) is 12.8 Å². The Morgan fingerprint density at radius 2 is 2.31 bits per heavy atom. The van der Waals surface area contributed by atoms with Gasteiger partial charge in [-0.15, -0.1) is 10.2 Å². The average Bonchev–Trinajstić information content (AvgIpc) is 2.76. The van der Waals surface area contributed by atoms with E-state index in [-0.39, 0.29) is 0 Å². The van der Waals surface area contributed by atoms with Gasteiger partial charge in [0, 0.05) is 13.1 Å². The van der Waals surface area contributed by atoms with Crippen molar-refractivity contribution in [3.05, 3.63) is 12.2 Å². The van der Waals surface area contributed by atoms with Crippen LogP contribution in [0.5, 0.6) is 0 Å². The quantitative estimate of drug-likeness (QED) is 0.713. The number of aromatic nitrogens is 3. The molecule has 2 heterocycles. The first kappa shape index (κ1) is 11.5. The molecule has 0 radical (unpaired) electrons. The second-order valence-electron chi connectivity index (χ2n) is 4.32. The van der Waals surface area contributed by atoms with Gasteiger partial charge in [-0.3, -0.25) is 4.90 Å². The molecule has 90 valence electrons. The minimum absolute atomic E-state index is 0.952. The molecule has 1 N–H and O–H groups in total.